The first-order chi connectivity index (χ1) is 17.5. The van der Waals surface area contributed by atoms with Crippen LogP contribution in [0.2, 0.25) is 0 Å². The Bertz CT molecular complexity index is 1430. The molecule has 0 saturated carbocycles. The second-order valence-electron chi connectivity index (χ2n) is 8.39. The molecule has 8 nitrogen and oxygen atoms in total. The van der Waals surface area contributed by atoms with Gasteiger partial charge in [-0.3, -0.25) is 14.7 Å². The van der Waals surface area contributed by atoms with E-state index in [1.807, 2.05) is 43.3 Å². The Morgan fingerprint density at radius 1 is 1.14 bits per heavy atom. The highest BCUT2D eigenvalue weighted by molar-refractivity contribution is 7.91. The highest BCUT2D eigenvalue weighted by atomic mass is 32.2. The Labute approximate surface area is 218 Å². The highest BCUT2D eigenvalue weighted by Crippen LogP contribution is 2.36. The van der Waals surface area contributed by atoms with Crippen molar-refractivity contribution < 1.29 is 17.9 Å². The van der Waals surface area contributed by atoms with Crippen molar-refractivity contribution in [2.45, 2.75) is 30.5 Å². The number of benzene rings is 1. The first kappa shape index (κ1) is 24.8. The molecule has 188 valence electrons. The fourth-order valence-electron chi connectivity index (χ4n) is 4.29. The molecule has 1 aromatic carbocycles. The molecule has 0 aliphatic carbocycles. The van der Waals surface area contributed by atoms with Crippen LogP contribution in [-0.4, -0.2) is 48.3 Å². The molecular formula is C25H26N4O4S3. The van der Waals surface area contributed by atoms with Crippen molar-refractivity contribution in [2.75, 3.05) is 24.6 Å². The third kappa shape index (κ3) is 5.01. The summed E-state index contributed by atoms with van der Waals surface area (Å²) in [7, 11) is -3.52. The fraction of sp³-hybridized carbons (Fsp3) is 0.320. The minimum Gasteiger partial charge on any atom is -0.492 e. The zero-order valence-electron chi connectivity index (χ0n) is 19.7. The van der Waals surface area contributed by atoms with Crippen LogP contribution >= 0.6 is 22.7 Å². The van der Waals surface area contributed by atoms with Crippen molar-refractivity contribution in [2.24, 2.45) is 5.92 Å². The van der Waals surface area contributed by atoms with E-state index in [4.69, 9.17) is 9.72 Å². The number of hydrogen-bond acceptors (Lipinski definition) is 8. The maximum atomic E-state index is 13.8. The van der Waals surface area contributed by atoms with Crippen molar-refractivity contribution in [1.29, 1.82) is 0 Å². The number of fused-ring (bicyclic) bond motifs is 1. The van der Waals surface area contributed by atoms with Gasteiger partial charge in [-0.05, 0) is 55.5 Å². The van der Waals surface area contributed by atoms with Crippen LogP contribution in [0.5, 0.6) is 5.75 Å². The summed E-state index contributed by atoms with van der Waals surface area (Å²) in [5.74, 6) is 0.322. The Kier molecular flexibility index (Phi) is 7.33. The van der Waals surface area contributed by atoms with Crippen molar-refractivity contribution >= 4 is 54.0 Å². The van der Waals surface area contributed by atoms with Gasteiger partial charge in [-0.1, -0.05) is 29.5 Å². The van der Waals surface area contributed by atoms with Gasteiger partial charge in [-0.15, -0.1) is 11.3 Å². The Balaban J connectivity index is 1.40. The van der Waals surface area contributed by atoms with Gasteiger partial charge in [0.05, 0.1) is 23.5 Å². The Morgan fingerprint density at radius 3 is 2.67 bits per heavy atom. The number of nitrogens with zero attached hydrogens (tertiary/aromatic N) is 4. The molecule has 0 radical (unpaired) electrons. The molecule has 0 bridgehead atoms. The molecule has 5 rings (SSSR count). The van der Waals surface area contributed by atoms with E-state index < -0.39 is 10.0 Å². The lowest BCUT2D eigenvalue weighted by Gasteiger charge is -2.32. The van der Waals surface area contributed by atoms with Crippen molar-refractivity contribution in [3.63, 3.8) is 0 Å². The van der Waals surface area contributed by atoms with Gasteiger partial charge in [0.25, 0.3) is 10.0 Å². The molecule has 1 aliphatic heterocycles. The maximum Gasteiger partial charge on any atom is 0.252 e. The summed E-state index contributed by atoms with van der Waals surface area (Å²) in [6, 6.07) is 14.7. The molecule has 0 unspecified atom stereocenters. The molecule has 0 spiro atoms. The van der Waals surface area contributed by atoms with Crippen molar-refractivity contribution in [3.8, 4) is 5.75 Å². The number of para-hydroxylation sites is 1. The predicted octanol–water partition coefficient (Wildman–Crippen LogP) is 4.79. The second kappa shape index (κ2) is 10.6. The Morgan fingerprint density at radius 2 is 1.97 bits per heavy atom. The minimum absolute atomic E-state index is 0.0640. The lowest BCUT2D eigenvalue weighted by Crippen LogP contribution is -2.44. The van der Waals surface area contributed by atoms with Gasteiger partial charge >= 0.3 is 0 Å². The average molecular weight is 543 g/mol. The molecule has 4 heterocycles. The number of amides is 1. The number of aromatic nitrogens is 2. The van der Waals surface area contributed by atoms with E-state index in [9.17, 15) is 13.2 Å². The minimum atomic E-state index is -3.52. The molecule has 4 aromatic rings. The molecule has 1 amide bonds. The van der Waals surface area contributed by atoms with Crippen LogP contribution in [0.15, 0.2) is 64.3 Å². The lowest BCUT2D eigenvalue weighted by molar-refractivity contribution is -0.123. The molecule has 0 N–H and O–H groups in total. The van der Waals surface area contributed by atoms with E-state index in [0.29, 0.717) is 47.6 Å². The molecule has 1 saturated heterocycles. The monoisotopic (exact) mass is 542 g/mol. The number of ether oxygens (including phenoxy) is 1. The van der Waals surface area contributed by atoms with Gasteiger partial charge < -0.3 is 4.74 Å². The number of hydrogen-bond donors (Lipinski definition) is 0. The second-order valence-corrected chi connectivity index (χ2v) is 12.5. The third-order valence-electron chi connectivity index (χ3n) is 6.11. The van der Waals surface area contributed by atoms with E-state index in [1.54, 1.807) is 28.6 Å². The van der Waals surface area contributed by atoms with Crippen LogP contribution in [0, 0.1) is 5.92 Å². The number of carbonyl (C=O) groups is 1. The van der Waals surface area contributed by atoms with Gasteiger partial charge in [-0.25, -0.2) is 13.4 Å². The number of rotatable bonds is 8. The van der Waals surface area contributed by atoms with Gasteiger partial charge in [-0.2, -0.15) is 4.31 Å². The summed E-state index contributed by atoms with van der Waals surface area (Å²) in [6.45, 7) is 3.35. The molecule has 11 heteroatoms. The van der Waals surface area contributed by atoms with Crippen molar-refractivity contribution in [1.82, 2.24) is 14.3 Å². The number of piperidine rings is 1. The molecule has 1 aliphatic rings. The number of anilines is 1. The van der Waals surface area contributed by atoms with E-state index >= 15 is 0 Å². The standard InChI is InChI=1S/C25H26N4O4S3/c1-2-33-20-8-5-9-21-23(20)27-25(35-21)29(17-19-7-3-4-13-26-19)24(30)18-11-14-28(15-12-18)36(31,32)22-10-6-16-34-22/h3-10,13,16,18H,2,11-12,14-15,17H2,1H3. The van der Waals surface area contributed by atoms with Gasteiger partial charge in [0.15, 0.2) is 5.13 Å². The van der Waals surface area contributed by atoms with Crippen molar-refractivity contribution in [3.05, 3.63) is 65.8 Å². The summed E-state index contributed by atoms with van der Waals surface area (Å²) in [6.07, 6.45) is 2.62. The smallest absolute Gasteiger partial charge is 0.252 e. The zero-order chi connectivity index (χ0) is 25.1. The summed E-state index contributed by atoms with van der Waals surface area (Å²) in [5.41, 5.74) is 1.49. The van der Waals surface area contributed by atoms with Crippen LogP contribution < -0.4 is 9.64 Å². The van der Waals surface area contributed by atoms with E-state index in [0.717, 1.165) is 15.9 Å². The van der Waals surface area contributed by atoms with Gasteiger partial charge in [0.1, 0.15) is 15.5 Å². The largest absolute Gasteiger partial charge is 0.492 e. The number of thiophene rings is 1. The predicted molar refractivity (Wildman–Crippen MR) is 142 cm³/mol. The van der Waals surface area contributed by atoms with E-state index in [2.05, 4.69) is 4.98 Å². The molecular weight excluding hydrogens is 517 g/mol. The maximum absolute atomic E-state index is 13.8. The SMILES string of the molecule is CCOc1cccc2sc(N(Cc3ccccn3)C(=O)C3CCN(S(=O)(=O)c4cccs4)CC3)nc12. The topological polar surface area (TPSA) is 92.7 Å². The van der Waals surface area contributed by atoms with Crippen LogP contribution in [0.4, 0.5) is 5.13 Å². The summed E-state index contributed by atoms with van der Waals surface area (Å²) in [5, 5.41) is 2.34. The molecule has 3 aromatic heterocycles. The van der Waals surface area contributed by atoms with Crippen LogP contribution in [0.1, 0.15) is 25.5 Å². The van der Waals surface area contributed by atoms with E-state index in [-0.39, 0.29) is 18.4 Å². The number of pyridine rings is 1. The summed E-state index contributed by atoms with van der Waals surface area (Å²) < 4.78 is 34.3. The normalized spacial score (nSPS) is 15.2. The molecule has 0 atom stereocenters. The number of thiazole rings is 1. The highest BCUT2D eigenvalue weighted by Gasteiger charge is 2.35. The number of sulfonamides is 1. The van der Waals surface area contributed by atoms with Gasteiger partial charge in [0.2, 0.25) is 5.91 Å². The van der Waals surface area contributed by atoms with Crippen LogP contribution in [0.3, 0.4) is 0 Å². The van der Waals surface area contributed by atoms with Gasteiger partial charge in [0, 0.05) is 25.2 Å². The fourth-order valence-corrected chi connectivity index (χ4v) is 7.90. The summed E-state index contributed by atoms with van der Waals surface area (Å²) in [4.78, 5) is 24.7. The van der Waals surface area contributed by atoms with E-state index in [1.165, 1.54) is 27.0 Å². The first-order valence-corrected chi connectivity index (χ1v) is 14.9. The quantitative estimate of drug-likeness (QED) is 0.318. The average Bonchev–Trinajstić information content (AvgIpc) is 3.59. The van der Waals surface area contributed by atoms with Crippen LogP contribution in [-0.2, 0) is 21.4 Å². The lowest BCUT2D eigenvalue weighted by atomic mass is 9.96. The summed E-state index contributed by atoms with van der Waals surface area (Å²) >= 11 is 2.65. The third-order valence-corrected chi connectivity index (χ3v) is 10.4. The zero-order valence-corrected chi connectivity index (χ0v) is 22.2. The molecule has 36 heavy (non-hydrogen) atoms. The van der Waals surface area contributed by atoms with Crippen LogP contribution in [0.25, 0.3) is 10.2 Å². The first-order valence-electron chi connectivity index (χ1n) is 11.7. The molecule has 1 fully saturated rings. The number of carbonyl (C=O) groups excluding carboxylic acids is 1. The Hall–Kier alpha value is -2.86.